The van der Waals surface area contributed by atoms with Crippen LogP contribution < -0.4 is 4.74 Å². The van der Waals surface area contributed by atoms with E-state index in [9.17, 15) is 4.79 Å². The van der Waals surface area contributed by atoms with E-state index in [1.54, 1.807) is 28.9 Å². The van der Waals surface area contributed by atoms with E-state index in [1.165, 1.54) is 0 Å². The van der Waals surface area contributed by atoms with Gasteiger partial charge >= 0.3 is 5.97 Å². The third kappa shape index (κ3) is 3.95. The SMILES string of the molecule is O=C(O)c1ccc(Cn2nnnc2CCOc2ccccc2)cc1. The lowest BCUT2D eigenvalue weighted by molar-refractivity contribution is 0.0697. The van der Waals surface area contributed by atoms with Crippen LogP contribution in [0.4, 0.5) is 0 Å². The minimum atomic E-state index is -0.942. The van der Waals surface area contributed by atoms with Crippen LogP contribution in [0.5, 0.6) is 5.75 Å². The van der Waals surface area contributed by atoms with Gasteiger partial charge in [-0.05, 0) is 40.3 Å². The van der Waals surface area contributed by atoms with Crippen LogP contribution in [0.1, 0.15) is 21.7 Å². The van der Waals surface area contributed by atoms with Gasteiger partial charge in [0.2, 0.25) is 0 Å². The Morgan fingerprint density at radius 3 is 2.54 bits per heavy atom. The lowest BCUT2D eigenvalue weighted by Gasteiger charge is -2.07. The molecule has 0 atom stereocenters. The van der Waals surface area contributed by atoms with E-state index in [0.29, 0.717) is 25.4 Å². The van der Waals surface area contributed by atoms with Crippen LogP contribution in [0, 0.1) is 0 Å². The summed E-state index contributed by atoms with van der Waals surface area (Å²) >= 11 is 0. The molecule has 0 aliphatic rings. The van der Waals surface area contributed by atoms with Gasteiger partial charge in [-0.3, -0.25) is 0 Å². The molecule has 0 aliphatic heterocycles. The fraction of sp³-hybridized carbons (Fsp3) is 0.176. The van der Waals surface area contributed by atoms with Crippen molar-refractivity contribution in [3.63, 3.8) is 0 Å². The number of carboxylic acid groups (broad SMARTS) is 1. The lowest BCUT2D eigenvalue weighted by atomic mass is 10.1. The smallest absolute Gasteiger partial charge is 0.335 e. The van der Waals surface area contributed by atoms with Gasteiger partial charge in [-0.15, -0.1) is 5.10 Å². The highest BCUT2D eigenvalue weighted by molar-refractivity contribution is 5.87. The Morgan fingerprint density at radius 1 is 1.08 bits per heavy atom. The number of hydrogen-bond acceptors (Lipinski definition) is 5. The fourth-order valence-corrected chi connectivity index (χ4v) is 2.23. The highest BCUT2D eigenvalue weighted by Gasteiger charge is 2.08. The molecule has 0 saturated carbocycles. The van der Waals surface area contributed by atoms with Crippen LogP contribution in [0.15, 0.2) is 54.6 Å². The monoisotopic (exact) mass is 324 g/mol. The van der Waals surface area contributed by atoms with E-state index in [0.717, 1.165) is 11.3 Å². The number of para-hydroxylation sites is 1. The summed E-state index contributed by atoms with van der Waals surface area (Å²) in [6, 6.07) is 16.2. The second-order valence-electron chi connectivity index (χ2n) is 5.17. The zero-order chi connectivity index (χ0) is 16.8. The van der Waals surface area contributed by atoms with Gasteiger partial charge in [-0.1, -0.05) is 30.3 Å². The molecule has 24 heavy (non-hydrogen) atoms. The molecule has 2 aromatic carbocycles. The molecular formula is C17H16N4O3. The third-order valence-corrected chi connectivity index (χ3v) is 3.48. The first-order chi connectivity index (χ1) is 11.7. The molecule has 0 radical (unpaired) electrons. The van der Waals surface area contributed by atoms with Gasteiger partial charge in [0.05, 0.1) is 18.7 Å². The standard InChI is InChI=1S/C17H16N4O3/c22-17(23)14-8-6-13(7-9-14)12-21-16(18-19-20-21)10-11-24-15-4-2-1-3-5-15/h1-9H,10-12H2,(H,22,23). The van der Waals surface area contributed by atoms with Gasteiger partial charge in [0.25, 0.3) is 0 Å². The predicted octanol–water partition coefficient (Wildman–Crippen LogP) is 2.04. The maximum Gasteiger partial charge on any atom is 0.335 e. The molecular weight excluding hydrogens is 308 g/mol. The van der Waals surface area contributed by atoms with Crippen molar-refractivity contribution in [1.82, 2.24) is 20.2 Å². The number of rotatable bonds is 7. The van der Waals surface area contributed by atoms with Crippen molar-refractivity contribution in [2.45, 2.75) is 13.0 Å². The number of ether oxygens (including phenoxy) is 1. The summed E-state index contributed by atoms with van der Waals surface area (Å²) < 4.78 is 7.34. The molecule has 3 rings (SSSR count). The molecule has 0 bridgehead atoms. The van der Waals surface area contributed by atoms with Crippen LogP contribution in [0.25, 0.3) is 0 Å². The first-order valence-electron chi connectivity index (χ1n) is 7.47. The number of aromatic carboxylic acids is 1. The van der Waals surface area contributed by atoms with Crippen molar-refractivity contribution < 1.29 is 14.6 Å². The molecule has 122 valence electrons. The highest BCUT2D eigenvalue weighted by Crippen LogP contribution is 2.10. The molecule has 3 aromatic rings. The number of hydrogen-bond donors (Lipinski definition) is 1. The van der Waals surface area contributed by atoms with E-state index in [1.807, 2.05) is 30.3 Å². The van der Waals surface area contributed by atoms with Crippen molar-refractivity contribution in [3.8, 4) is 5.75 Å². The number of nitrogens with zero attached hydrogens (tertiary/aromatic N) is 4. The molecule has 0 unspecified atom stereocenters. The quantitative estimate of drug-likeness (QED) is 0.715. The summed E-state index contributed by atoms with van der Waals surface area (Å²) in [7, 11) is 0. The van der Waals surface area contributed by atoms with E-state index in [-0.39, 0.29) is 5.56 Å². The second-order valence-corrected chi connectivity index (χ2v) is 5.17. The zero-order valence-corrected chi connectivity index (χ0v) is 12.9. The first kappa shape index (κ1) is 15.7. The Balaban J connectivity index is 1.59. The number of aromatic nitrogens is 4. The predicted molar refractivity (Wildman–Crippen MR) is 86.0 cm³/mol. The Morgan fingerprint density at radius 2 is 1.83 bits per heavy atom. The number of benzene rings is 2. The van der Waals surface area contributed by atoms with Crippen LogP contribution in [-0.4, -0.2) is 37.9 Å². The minimum Gasteiger partial charge on any atom is -0.493 e. The third-order valence-electron chi connectivity index (χ3n) is 3.48. The summed E-state index contributed by atoms with van der Waals surface area (Å²) in [6.45, 7) is 0.954. The van der Waals surface area contributed by atoms with Gasteiger partial charge in [-0.25, -0.2) is 9.48 Å². The molecule has 7 nitrogen and oxygen atoms in total. The van der Waals surface area contributed by atoms with Crippen molar-refractivity contribution >= 4 is 5.97 Å². The van der Waals surface area contributed by atoms with E-state index < -0.39 is 5.97 Å². The van der Waals surface area contributed by atoms with Crippen molar-refractivity contribution in [2.24, 2.45) is 0 Å². The van der Waals surface area contributed by atoms with E-state index in [4.69, 9.17) is 9.84 Å². The summed E-state index contributed by atoms with van der Waals surface area (Å²) in [5.74, 6) is 0.580. The lowest BCUT2D eigenvalue weighted by Crippen LogP contribution is -2.11. The van der Waals surface area contributed by atoms with E-state index >= 15 is 0 Å². The molecule has 0 amide bonds. The fourth-order valence-electron chi connectivity index (χ4n) is 2.23. The Kier molecular flexibility index (Phi) is 4.81. The number of carbonyl (C=O) groups is 1. The maximum atomic E-state index is 10.9. The highest BCUT2D eigenvalue weighted by atomic mass is 16.5. The van der Waals surface area contributed by atoms with Crippen LogP contribution >= 0.6 is 0 Å². The molecule has 1 aromatic heterocycles. The largest absolute Gasteiger partial charge is 0.493 e. The van der Waals surface area contributed by atoms with Crippen molar-refractivity contribution in [1.29, 1.82) is 0 Å². The Bertz CT molecular complexity index is 800. The Hall–Kier alpha value is -3.22. The van der Waals surface area contributed by atoms with Crippen LogP contribution in [0.3, 0.4) is 0 Å². The van der Waals surface area contributed by atoms with Crippen LogP contribution in [0.2, 0.25) is 0 Å². The average molecular weight is 324 g/mol. The number of carboxylic acids is 1. The van der Waals surface area contributed by atoms with Gasteiger partial charge in [-0.2, -0.15) is 0 Å². The second kappa shape index (κ2) is 7.36. The average Bonchev–Trinajstić information content (AvgIpc) is 3.03. The normalized spacial score (nSPS) is 10.5. The minimum absolute atomic E-state index is 0.256. The van der Waals surface area contributed by atoms with E-state index in [2.05, 4.69) is 15.5 Å². The first-order valence-corrected chi connectivity index (χ1v) is 7.47. The Labute approximate surface area is 138 Å². The molecule has 1 N–H and O–H groups in total. The van der Waals surface area contributed by atoms with Gasteiger partial charge in [0, 0.05) is 6.42 Å². The molecule has 1 heterocycles. The summed E-state index contributed by atoms with van der Waals surface area (Å²) in [5, 5.41) is 20.6. The molecule has 0 aliphatic carbocycles. The summed E-state index contributed by atoms with van der Waals surface area (Å²) in [6.07, 6.45) is 0.578. The van der Waals surface area contributed by atoms with Crippen molar-refractivity contribution in [3.05, 3.63) is 71.5 Å². The zero-order valence-electron chi connectivity index (χ0n) is 12.9. The van der Waals surface area contributed by atoms with Gasteiger partial charge in [0.1, 0.15) is 5.75 Å². The van der Waals surface area contributed by atoms with Crippen molar-refractivity contribution in [2.75, 3.05) is 6.61 Å². The molecule has 0 spiro atoms. The topological polar surface area (TPSA) is 90.1 Å². The number of tetrazole rings is 1. The maximum absolute atomic E-state index is 10.9. The van der Waals surface area contributed by atoms with Gasteiger partial charge < -0.3 is 9.84 Å². The molecule has 0 saturated heterocycles. The summed E-state index contributed by atoms with van der Waals surface area (Å²) in [4.78, 5) is 10.9. The van der Waals surface area contributed by atoms with Crippen LogP contribution in [-0.2, 0) is 13.0 Å². The molecule has 0 fully saturated rings. The van der Waals surface area contributed by atoms with Gasteiger partial charge in [0.15, 0.2) is 5.82 Å². The summed E-state index contributed by atoms with van der Waals surface area (Å²) in [5.41, 5.74) is 1.18. The molecule has 7 heteroatoms.